The minimum Gasteiger partial charge on any atom is -0.494 e. The van der Waals surface area contributed by atoms with E-state index in [9.17, 15) is 0 Å². The summed E-state index contributed by atoms with van der Waals surface area (Å²) in [5.41, 5.74) is 1.39. The molecule has 0 aromatic heterocycles. The zero-order chi connectivity index (χ0) is 19.8. The first kappa shape index (κ1) is 21.9. The van der Waals surface area contributed by atoms with Crippen LogP contribution in [-0.2, 0) is 10.2 Å². The van der Waals surface area contributed by atoms with E-state index in [0.717, 1.165) is 50.9 Å². The standard InChI is InChI=1S/C21H35N3O2S/c1-6-26-18-9-7-17(8-10-18)21(11-13-25-14-12-21)16-24-19(22-4)23-15-20(2,3)27-5/h7-10H,6,11-16H2,1-5H3,(H2,22,23,24). The minimum absolute atomic E-state index is 0.0512. The maximum atomic E-state index is 5.65. The third-order valence-corrected chi connectivity index (χ3v) is 6.53. The molecule has 0 amide bonds. The van der Waals surface area contributed by atoms with Gasteiger partial charge in [0.25, 0.3) is 0 Å². The molecule has 0 atom stereocenters. The minimum atomic E-state index is 0.0512. The van der Waals surface area contributed by atoms with Crippen LogP contribution >= 0.6 is 11.8 Å². The van der Waals surface area contributed by atoms with Crippen LogP contribution < -0.4 is 15.4 Å². The molecule has 1 aromatic carbocycles. The third-order valence-electron chi connectivity index (χ3n) is 5.28. The highest BCUT2D eigenvalue weighted by molar-refractivity contribution is 7.99. The molecule has 0 unspecified atom stereocenters. The number of aliphatic imine (C=N–C) groups is 1. The molecule has 1 aromatic rings. The van der Waals surface area contributed by atoms with Crippen LogP contribution in [-0.4, -0.2) is 56.9 Å². The van der Waals surface area contributed by atoms with Gasteiger partial charge in [0.1, 0.15) is 5.75 Å². The summed E-state index contributed by atoms with van der Waals surface area (Å²) in [5, 5.41) is 7.02. The number of nitrogens with zero attached hydrogens (tertiary/aromatic N) is 1. The molecule has 0 bridgehead atoms. The van der Waals surface area contributed by atoms with Crippen LogP contribution in [0, 0.1) is 0 Å². The Balaban J connectivity index is 2.07. The second-order valence-corrected chi connectivity index (χ2v) is 9.11. The van der Waals surface area contributed by atoms with Gasteiger partial charge in [0.15, 0.2) is 5.96 Å². The molecule has 6 heteroatoms. The van der Waals surface area contributed by atoms with Gasteiger partial charge in [-0.2, -0.15) is 11.8 Å². The number of ether oxygens (including phenoxy) is 2. The summed E-state index contributed by atoms with van der Waals surface area (Å²) in [4.78, 5) is 4.41. The molecular formula is C21H35N3O2S. The number of thioether (sulfide) groups is 1. The molecule has 0 aliphatic carbocycles. The van der Waals surface area contributed by atoms with Crippen molar-refractivity contribution in [3.05, 3.63) is 29.8 Å². The maximum absolute atomic E-state index is 5.65. The van der Waals surface area contributed by atoms with Crippen molar-refractivity contribution in [2.75, 3.05) is 46.2 Å². The fourth-order valence-corrected chi connectivity index (χ4v) is 3.46. The van der Waals surface area contributed by atoms with Crippen molar-refractivity contribution in [1.82, 2.24) is 10.6 Å². The molecule has 1 saturated heterocycles. The van der Waals surface area contributed by atoms with Crippen molar-refractivity contribution in [2.45, 2.75) is 43.8 Å². The lowest BCUT2D eigenvalue weighted by Gasteiger charge is -2.38. The van der Waals surface area contributed by atoms with Gasteiger partial charge in [0.05, 0.1) is 6.61 Å². The summed E-state index contributed by atoms with van der Waals surface area (Å²) in [6.07, 6.45) is 4.14. The fourth-order valence-electron chi connectivity index (χ4n) is 3.24. The van der Waals surface area contributed by atoms with E-state index >= 15 is 0 Å². The van der Waals surface area contributed by atoms with Crippen LogP contribution in [0.5, 0.6) is 5.75 Å². The number of hydrogen-bond donors (Lipinski definition) is 2. The second-order valence-electron chi connectivity index (χ2n) is 7.59. The molecule has 1 fully saturated rings. The second kappa shape index (κ2) is 10.2. The Morgan fingerprint density at radius 1 is 1.22 bits per heavy atom. The Kier molecular flexibility index (Phi) is 8.29. The largest absolute Gasteiger partial charge is 0.494 e. The van der Waals surface area contributed by atoms with E-state index in [4.69, 9.17) is 9.47 Å². The quantitative estimate of drug-likeness (QED) is 0.523. The zero-order valence-electron chi connectivity index (χ0n) is 17.4. The summed E-state index contributed by atoms with van der Waals surface area (Å²) in [7, 11) is 1.83. The highest BCUT2D eigenvalue weighted by Crippen LogP contribution is 2.35. The number of nitrogens with one attached hydrogen (secondary N) is 2. The first-order chi connectivity index (χ1) is 12.9. The molecule has 2 rings (SSSR count). The highest BCUT2D eigenvalue weighted by Gasteiger charge is 2.34. The van der Waals surface area contributed by atoms with E-state index in [1.165, 1.54) is 5.56 Å². The summed E-state index contributed by atoms with van der Waals surface area (Å²) >= 11 is 1.85. The van der Waals surface area contributed by atoms with Gasteiger partial charge in [-0.1, -0.05) is 12.1 Å². The topological polar surface area (TPSA) is 54.9 Å². The molecule has 27 heavy (non-hydrogen) atoms. The molecule has 2 N–H and O–H groups in total. The van der Waals surface area contributed by atoms with E-state index in [1.54, 1.807) is 0 Å². The molecule has 1 aliphatic rings. The molecule has 0 spiro atoms. The summed E-state index contributed by atoms with van der Waals surface area (Å²) in [6.45, 7) is 10.5. The van der Waals surface area contributed by atoms with Crippen LogP contribution in [0.25, 0.3) is 0 Å². The van der Waals surface area contributed by atoms with Gasteiger partial charge in [-0.15, -0.1) is 0 Å². The molecule has 0 radical (unpaired) electrons. The smallest absolute Gasteiger partial charge is 0.191 e. The Hall–Kier alpha value is -1.40. The summed E-state index contributed by atoms with van der Waals surface area (Å²) < 4.78 is 11.4. The average Bonchev–Trinajstić information content (AvgIpc) is 2.69. The normalized spacial score (nSPS) is 17.4. The van der Waals surface area contributed by atoms with Crippen molar-refractivity contribution < 1.29 is 9.47 Å². The lowest BCUT2D eigenvalue weighted by molar-refractivity contribution is 0.0513. The van der Waals surface area contributed by atoms with Gasteiger partial charge in [-0.3, -0.25) is 4.99 Å². The van der Waals surface area contributed by atoms with Crippen LogP contribution in [0.2, 0.25) is 0 Å². The lowest BCUT2D eigenvalue weighted by atomic mass is 9.74. The highest BCUT2D eigenvalue weighted by atomic mass is 32.2. The summed E-state index contributed by atoms with van der Waals surface area (Å²) in [5.74, 6) is 1.78. The van der Waals surface area contributed by atoms with Gasteiger partial charge in [0.2, 0.25) is 0 Å². The third kappa shape index (κ3) is 6.32. The molecule has 1 heterocycles. The van der Waals surface area contributed by atoms with E-state index in [1.807, 2.05) is 25.7 Å². The molecular weight excluding hydrogens is 358 g/mol. The van der Waals surface area contributed by atoms with E-state index in [0.29, 0.717) is 6.61 Å². The SMILES string of the molecule is CCOc1ccc(C2(CNC(=NC)NCC(C)(C)SC)CCOCC2)cc1. The summed E-state index contributed by atoms with van der Waals surface area (Å²) in [6, 6.07) is 8.55. The van der Waals surface area contributed by atoms with Gasteiger partial charge in [0, 0.05) is 43.5 Å². The van der Waals surface area contributed by atoms with Crippen molar-refractivity contribution in [3.8, 4) is 5.75 Å². The van der Waals surface area contributed by atoms with E-state index in [-0.39, 0.29) is 10.2 Å². The van der Waals surface area contributed by atoms with Crippen LogP contribution in [0.4, 0.5) is 0 Å². The van der Waals surface area contributed by atoms with Crippen molar-refractivity contribution in [3.63, 3.8) is 0 Å². The molecule has 5 nitrogen and oxygen atoms in total. The fraction of sp³-hybridized carbons (Fsp3) is 0.667. The predicted octanol–water partition coefficient (Wildman–Crippen LogP) is 3.44. The van der Waals surface area contributed by atoms with Gasteiger partial charge in [-0.05, 0) is 57.6 Å². The van der Waals surface area contributed by atoms with Gasteiger partial charge < -0.3 is 20.1 Å². The predicted molar refractivity (Wildman–Crippen MR) is 116 cm³/mol. The van der Waals surface area contributed by atoms with E-state index in [2.05, 4.69) is 60.0 Å². The average molecular weight is 394 g/mol. The zero-order valence-corrected chi connectivity index (χ0v) is 18.2. The number of hydrogen-bond acceptors (Lipinski definition) is 4. The number of benzene rings is 1. The van der Waals surface area contributed by atoms with Gasteiger partial charge >= 0.3 is 0 Å². The van der Waals surface area contributed by atoms with Crippen LogP contribution in [0.3, 0.4) is 0 Å². The Morgan fingerprint density at radius 3 is 2.44 bits per heavy atom. The van der Waals surface area contributed by atoms with Crippen molar-refractivity contribution in [2.24, 2.45) is 4.99 Å². The van der Waals surface area contributed by atoms with Crippen LogP contribution in [0.15, 0.2) is 29.3 Å². The van der Waals surface area contributed by atoms with Crippen LogP contribution in [0.1, 0.15) is 39.2 Å². The van der Waals surface area contributed by atoms with E-state index < -0.39 is 0 Å². The monoisotopic (exact) mass is 393 g/mol. The molecule has 0 saturated carbocycles. The Bertz CT molecular complexity index is 596. The van der Waals surface area contributed by atoms with Gasteiger partial charge in [-0.25, -0.2) is 0 Å². The maximum Gasteiger partial charge on any atom is 0.191 e. The Labute approximate surface area is 168 Å². The number of guanidine groups is 1. The molecule has 152 valence electrons. The number of rotatable bonds is 8. The Morgan fingerprint density at radius 2 is 1.89 bits per heavy atom. The molecule has 1 aliphatic heterocycles. The van der Waals surface area contributed by atoms with Crippen molar-refractivity contribution in [1.29, 1.82) is 0 Å². The van der Waals surface area contributed by atoms with Crippen molar-refractivity contribution >= 4 is 17.7 Å². The first-order valence-corrected chi connectivity index (χ1v) is 11.0. The first-order valence-electron chi connectivity index (χ1n) is 9.75. The lowest BCUT2D eigenvalue weighted by Crippen LogP contribution is -2.49.